The van der Waals surface area contributed by atoms with E-state index in [0.29, 0.717) is 22.3 Å². The number of carbonyl (C=O) groups excluding carboxylic acids is 1. The van der Waals surface area contributed by atoms with Gasteiger partial charge in [-0.3, -0.25) is 4.90 Å². The molecule has 0 aliphatic rings. The number of benzene rings is 2. The van der Waals surface area contributed by atoms with Crippen molar-refractivity contribution in [3.63, 3.8) is 0 Å². The lowest BCUT2D eigenvalue weighted by Gasteiger charge is -2.23. The molecule has 22 heavy (non-hydrogen) atoms. The fourth-order valence-corrected chi connectivity index (χ4v) is 2.40. The quantitative estimate of drug-likeness (QED) is 0.731. The van der Waals surface area contributed by atoms with Crippen molar-refractivity contribution in [1.29, 1.82) is 0 Å². The molecule has 0 saturated carbocycles. The van der Waals surface area contributed by atoms with Crippen LogP contribution in [0.25, 0.3) is 0 Å². The summed E-state index contributed by atoms with van der Waals surface area (Å²) in [5.41, 5.74) is 1.36. The number of anilines is 2. The lowest BCUT2D eigenvalue weighted by atomic mass is 10.2. The summed E-state index contributed by atoms with van der Waals surface area (Å²) in [7, 11) is 0. The fourth-order valence-electron chi connectivity index (χ4n) is 2.06. The maximum absolute atomic E-state index is 12.6. The lowest BCUT2D eigenvalue weighted by molar-refractivity contribution is 0.257. The van der Waals surface area contributed by atoms with Crippen molar-refractivity contribution in [3.05, 3.63) is 58.6 Å². The lowest BCUT2D eigenvalue weighted by Crippen LogP contribution is -2.35. The van der Waals surface area contributed by atoms with Crippen LogP contribution in [0, 0.1) is 0 Å². The number of amides is 2. The van der Waals surface area contributed by atoms with E-state index in [1.165, 1.54) is 0 Å². The summed E-state index contributed by atoms with van der Waals surface area (Å²) in [6, 6.07) is 14.5. The number of hydrogen-bond donors (Lipinski definition) is 1. The van der Waals surface area contributed by atoms with Crippen molar-refractivity contribution in [2.45, 2.75) is 19.8 Å². The van der Waals surface area contributed by atoms with E-state index in [1.54, 1.807) is 23.1 Å². The van der Waals surface area contributed by atoms with Gasteiger partial charge in [0.25, 0.3) is 0 Å². The van der Waals surface area contributed by atoms with Gasteiger partial charge in [-0.2, -0.15) is 0 Å². The average molecular weight is 337 g/mol. The Labute approximate surface area is 140 Å². The van der Waals surface area contributed by atoms with E-state index in [0.717, 1.165) is 18.5 Å². The van der Waals surface area contributed by atoms with Gasteiger partial charge in [0, 0.05) is 12.2 Å². The Hall–Kier alpha value is -1.71. The van der Waals surface area contributed by atoms with Gasteiger partial charge in [-0.15, -0.1) is 0 Å². The normalized spacial score (nSPS) is 10.3. The first kappa shape index (κ1) is 16.7. The van der Waals surface area contributed by atoms with Crippen LogP contribution in [0.1, 0.15) is 19.8 Å². The van der Waals surface area contributed by atoms with Gasteiger partial charge in [-0.25, -0.2) is 4.79 Å². The third kappa shape index (κ3) is 4.15. The first-order chi connectivity index (χ1) is 10.6. The molecular formula is C17H18Cl2N2O. The van der Waals surface area contributed by atoms with Crippen LogP contribution in [0.15, 0.2) is 48.5 Å². The van der Waals surface area contributed by atoms with Crippen molar-refractivity contribution in [3.8, 4) is 0 Å². The number of unbranched alkanes of at least 4 members (excludes halogenated alkanes) is 1. The number of urea groups is 1. The second kappa shape index (κ2) is 8.06. The minimum atomic E-state index is -0.219. The highest BCUT2D eigenvalue weighted by atomic mass is 35.5. The highest BCUT2D eigenvalue weighted by molar-refractivity contribution is 6.44. The number of hydrogen-bond acceptors (Lipinski definition) is 1. The predicted octanol–water partition coefficient (Wildman–Crippen LogP) is 5.83. The van der Waals surface area contributed by atoms with E-state index >= 15 is 0 Å². The number of rotatable bonds is 5. The summed E-state index contributed by atoms with van der Waals surface area (Å²) < 4.78 is 0. The van der Waals surface area contributed by atoms with Gasteiger partial charge in [-0.05, 0) is 30.7 Å². The minimum Gasteiger partial charge on any atom is -0.306 e. The molecule has 2 aromatic rings. The molecule has 0 aromatic heterocycles. The van der Waals surface area contributed by atoms with Crippen LogP contribution >= 0.6 is 23.2 Å². The topological polar surface area (TPSA) is 32.3 Å². The molecule has 5 heteroatoms. The SMILES string of the molecule is CCCCN(C(=O)Nc1cccc(Cl)c1Cl)c1ccccc1. The smallest absolute Gasteiger partial charge is 0.306 e. The van der Waals surface area contributed by atoms with E-state index in [1.807, 2.05) is 30.3 Å². The predicted molar refractivity (Wildman–Crippen MR) is 94.2 cm³/mol. The van der Waals surface area contributed by atoms with E-state index in [2.05, 4.69) is 12.2 Å². The fraction of sp³-hybridized carbons (Fsp3) is 0.235. The Morgan fingerprint density at radius 2 is 1.82 bits per heavy atom. The van der Waals surface area contributed by atoms with Crippen molar-refractivity contribution in [2.75, 3.05) is 16.8 Å². The van der Waals surface area contributed by atoms with Crippen LogP contribution in [-0.2, 0) is 0 Å². The zero-order chi connectivity index (χ0) is 15.9. The number of carbonyl (C=O) groups is 1. The van der Waals surface area contributed by atoms with Crippen LogP contribution in [0.3, 0.4) is 0 Å². The van der Waals surface area contributed by atoms with E-state index in [4.69, 9.17) is 23.2 Å². The van der Waals surface area contributed by atoms with E-state index in [9.17, 15) is 4.79 Å². The van der Waals surface area contributed by atoms with Crippen LogP contribution in [-0.4, -0.2) is 12.6 Å². The average Bonchev–Trinajstić information content (AvgIpc) is 2.53. The summed E-state index contributed by atoms with van der Waals surface area (Å²) >= 11 is 12.1. The summed E-state index contributed by atoms with van der Waals surface area (Å²) in [4.78, 5) is 14.3. The van der Waals surface area contributed by atoms with Crippen molar-refractivity contribution < 1.29 is 4.79 Å². The van der Waals surface area contributed by atoms with Gasteiger partial charge in [0.05, 0.1) is 15.7 Å². The molecule has 2 rings (SSSR count). The van der Waals surface area contributed by atoms with Crippen LogP contribution in [0.4, 0.5) is 16.2 Å². The number of para-hydroxylation sites is 1. The zero-order valence-electron chi connectivity index (χ0n) is 12.4. The maximum Gasteiger partial charge on any atom is 0.326 e. The molecular weight excluding hydrogens is 319 g/mol. The standard InChI is InChI=1S/C17H18Cl2N2O/c1-2-3-12-21(13-8-5-4-6-9-13)17(22)20-15-11-7-10-14(18)16(15)19/h4-11H,2-3,12H2,1H3,(H,20,22). The third-order valence-corrected chi connectivity index (χ3v) is 4.06. The summed E-state index contributed by atoms with van der Waals surface area (Å²) in [6.45, 7) is 2.74. The molecule has 0 heterocycles. The number of nitrogens with one attached hydrogen (secondary N) is 1. The summed E-state index contributed by atoms with van der Waals surface area (Å²) in [5, 5.41) is 3.59. The Morgan fingerprint density at radius 1 is 1.09 bits per heavy atom. The van der Waals surface area contributed by atoms with Crippen LogP contribution in [0.5, 0.6) is 0 Å². The van der Waals surface area contributed by atoms with Crippen LogP contribution in [0.2, 0.25) is 10.0 Å². The van der Waals surface area contributed by atoms with Crippen LogP contribution < -0.4 is 10.2 Å². The molecule has 2 aromatic carbocycles. The van der Waals surface area contributed by atoms with Gasteiger partial charge in [-0.1, -0.05) is 60.8 Å². The van der Waals surface area contributed by atoms with Gasteiger partial charge >= 0.3 is 6.03 Å². The van der Waals surface area contributed by atoms with Crippen molar-refractivity contribution >= 4 is 40.6 Å². The molecule has 0 saturated heterocycles. The largest absolute Gasteiger partial charge is 0.326 e. The first-order valence-corrected chi connectivity index (χ1v) is 7.96. The highest BCUT2D eigenvalue weighted by Gasteiger charge is 2.16. The Kier molecular flexibility index (Phi) is 6.10. The second-order valence-corrected chi connectivity index (χ2v) is 5.66. The Morgan fingerprint density at radius 3 is 2.50 bits per heavy atom. The molecule has 116 valence electrons. The first-order valence-electron chi connectivity index (χ1n) is 7.21. The molecule has 0 unspecified atom stereocenters. The van der Waals surface area contributed by atoms with Crippen molar-refractivity contribution in [1.82, 2.24) is 0 Å². The van der Waals surface area contributed by atoms with E-state index in [-0.39, 0.29) is 6.03 Å². The molecule has 0 aliphatic heterocycles. The monoisotopic (exact) mass is 336 g/mol. The van der Waals surface area contributed by atoms with Gasteiger partial charge in [0.2, 0.25) is 0 Å². The number of nitrogens with zero attached hydrogens (tertiary/aromatic N) is 1. The molecule has 2 amide bonds. The maximum atomic E-state index is 12.6. The van der Waals surface area contributed by atoms with Gasteiger partial charge < -0.3 is 5.32 Å². The minimum absolute atomic E-state index is 0.219. The molecule has 0 fully saturated rings. The molecule has 0 bridgehead atoms. The van der Waals surface area contributed by atoms with E-state index < -0.39 is 0 Å². The molecule has 3 nitrogen and oxygen atoms in total. The van der Waals surface area contributed by atoms with Gasteiger partial charge in [0.15, 0.2) is 0 Å². The summed E-state index contributed by atoms with van der Waals surface area (Å²) in [5.74, 6) is 0. The Balaban J connectivity index is 2.20. The third-order valence-electron chi connectivity index (χ3n) is 3.24. The highest BCUT2D eigenvalue weighted by Crippen LogP contribution is 2.30. The molecule has 0 spiro atoms. The molecule has 0 aliphatic carbocycles. The summed E-state index contributed by atoms with van der Waals surface area (Å²) in [6.07, 6.45) is 1.93. The zero-order valence-corrected chi connectivity index (χ0v) is 13.9. The Bertz CT molecular complexity index is 632. The number of halogens is 2. The molecule has 0 atom stereocenters. The second-order valence-electron chi connectivity index (χ2n) is 4.87. The molecule has 0 radical (unpaired) electrons. The van der Waals surface area contributed by atoms with Gasteiger partial charge in [0.1, 0.15) is 0 Å². The van der Waals surface area contributed by atoms with Crippen molar-refractivity contribution in [2.24, 2.45) is 0 Å². The molecule has 1 N–H and O–H groups in total.